The van der Waals surface area contributed by atoms with Crippen molar-refractivity contribution in [2.24, 2.45) is 0 Å². The number of carbonyl (C=O) groups is 1. The number of benzene rings is 2. The van der Waals surface area contributed by atoms with Crippen molar-refractivity contribution in [1.29, 1.82) is 0 Å². The van der Waals surface area contributed by atoms with E-state index in [0.29, 0.717) is 5.56 Å². The summed E-state index contributed by atoms with van der Waals surface area (Å²) < 4.78 is 1.57. The Hall–Kier alpha value is -3.02. The first-order valence-electron chi connectivity index (χ1n) is 8.44. The van der Waals surface area contributed by atoms with E-state index in [2.05, 4.69) is 34.6 Å². The van der Waals surface area contributed by atoms with Crippen LogP contribution < -0.4 is 0 Å². The summed E-state index contributed by atoms with van der Waals surface area (Å²) in [6.07, 6.45) is 3.58. The smallest absolute Gasteiger partial charge is 0.254 e. The molecule has 25 heavy (non-hydrogen) atoms. The molecule has 1 amide bonds. The Morgan fingerprint density at radius 1 is 1.12 bits per heavy atom. The van der Waals surface area contributed by atoms with Gasteiger partial charge in [-0.1, -0.05) is 24.3 Å². The predicted molar refractivity (Wildman–Crippen MR) is 93.3 cm³/mol. The second kappa shape index (κ2) is 6.47. The number of likely N-dealkylation sites (tertiary alicyclic amines) is 1. The second-order valence-electron chi connectivity index (χ2n) is 6.31. The highest BCUT2D eigenvalue weighted by atomic mass is 16.2. The fourth-order valence-corrected chi connectivity index (χ4v) is 3.50. The van der Waals surface area contributed by atoms with Gasteiger partial charge < -0.3 is 4.90 Å². The third-order valence-electron chi connectivity index (χ3n) is 4.79. The molecule has 1 aliphatic rings. The molecule has 0 radical (unpaired) electrons. The number of rotatable bonds is 3. The van der Waals surface area contributed by atoms with Gasteiger partial charge in [0.25, 0.3) is 5.91 Å². The molecule has 3 aromatic rings. The molecule has 2 aromatic carbocycles. The number of carbonyl (C=O) groups excluding carboxylic acids is 1. The van der Waals surface area contributed by atoms with Gasteiger partial charge in [0, 0.05) is 12.1 Å². The summed E-state index contributed by atoms with van der Waals surface area (Å²) in [6.45, 7) is 2.91. The molecular weight excluding hydrogens is 314 g/mol. The highest BCUT2D eigenvalue weighted by Gasteiger charge is 2.31. The summed E-state index contributed by atoms with van der Waals surface area (Å²) in [4.78, 5) is 15.0. The Bertz CT molecular complexity index is 873. The molecule has 1 saturated heterocycles. The molecule has 1 unspecified atom stereocenters. The first-order valence-corrected chi connectivity index (χ1v) is 8.44. The molecule has 2 heterocycles. The first kappa shape index (κ1) is 15.5. The molecule has 1 aromatic heterocycles. The third-order valence-corrected chi connectivity index (χ3v) is 4.79. The van der Waals surface area contributed by atoms with E-state index in [-0.39, 0.29) is 11.9 Å². The van der Waals surface area contributed by atoms with Crippen LogP contribution in [0.1, 0.15) is 40.4 Å². The number of nitrogens with zero attached hydrogens (tertiary/aromatic N) is 5. The lowest BCUT2D eigenvalue weighted by molar-refractivity contribution is 0.0735. The Morgan fingerprint density at radius 3 is 2.64 bits per heavy atom. The summed E-state index contributed by atoms with van der Waals surface area (Å²) in [5, 5.41) is 11.1. The molecule has 1 fully saturated rings. The van der Waals surface area contributed by atoms with E-state index in [1.54, 1.807) is 4.68 Å². The zero-order chi connectivity index (χ0) is 17.2. The standard InChI is InChI=1S/C19H19N5O/c1-14-5-2-3-6-17(14)18-7-4-12-23(18)19(25)15-8-10-16(11-9-15)24-13-20-21-22-24/h2-3,5-6,8-11,13,18H,4,7,12H2,1H3. The minimum atomic E-state index is 0.0778. The molecule has 1 atom stereocenters. The molecule has 0 spiro atoms. The van der Waals surface area contributed by atoms with Crippen molar-refractivity contribution >= 4 is 5.91 Å². The van der Waals surface area contributed by atoms with Crippen molar-refractivity contribution in [3.8, 4) is 5.69 Å². The van der Waals surface area contributed by atoms with Gasteiger partial charge in [-0.2, -0.15) is 0 Å². The molecule has 0 bridgehead atoms. The van der Waals surface area contributed by atoms with Crippen LogP contribution in [0.5, 0.6) is 0 Å². The average Bonchev–Trinajstić information content (AvgIpc) is 3.34. The number of aromatic nitrogens is 4. The quantitative estimate of drug-likeness (QED) is 0.739. The monoisotopic (exact) mass is 333 g/mol. The summed E-state index contributed by atoms with van der Waals surface area (Å²) in [5.74, 6) is 0.0778. The number of hydrogen-bond donors (Lipinski definition) is 0. The lowest BCUT2D eigenvalue weighted by Gasteiger charge is -2.26. The Balaban J connectivity index is 1.58. The highest BCUT2D eigenvalue weighted by molar-refractivity contribution is 5.94. The molecule has 0 aliphatic carbocycles. The van der Waals surface area contributed by atoms with Crippen LogP contribution in [-0.2, 0) is 0 Å². The van der Waals surface area contributed by atoms with Gasteiger partial charge in [-0.15, -0.1) is 5.10 Å². The molecule has 0 saturated carbocycles. The molecule has 126 valence electrons. The number of hydrogen-bond acceptors (Lipinski definition) is 4. The van der Waals surface area contributed by atoms with Crippen LogP contribution in [-0.4, -0.2) is 37.6 Å². The van der Waals surface area contributed by atoms with E-state index in [0.717, 1.165) is 25.1 Å². The van der Waals surface area contributed by atoms with Crippen molar-refractivity contribution in [2.45, 2.75) is 25.8 Å². The Labute approximate surface area is 146 Å². The normalized spacial score (nSPS) is 17.0. The fourth-order valence-electron chi connectivity index (χ4n) is 3.50. The van der Waals surface area contributed by atoms with Gasteiger partial charge in [0.1, 0.15) is 6.33 Å². The summed E-state index contributed by atoms with van der Waals surface area (Å²) in [6, 6.07) is 15.9. The number of tetrazole rings is 1. The van der Waals surface area contributed by atoms with E-state index in [4.69, 9.17) is 0 Å². The average molecular weight is 333 g/mol. The molecule has 6 nitrogen and oxygen atoms in total. The van der Waals surface area contributed by atoms with Crippen LogP contribution in [0.25, 0.3) is 5.69 Å². The van der Waals surface area contributed by atoms with Crippen LogP contribution in [0.15, 0.2) is 54.9 Å². The maximum Gasteiger partial charge on any atom is 0.254 e. The van der Waals surface area contributed by atoms with Gasteiger partial charge >= 0.3 is 0 Å². The van der Waals surface area contributed by atoms with Gasteiger partial charge in [0.05, 0.1) is 11.7 Å². The van der Waals surface area contributed by atoms with Crippen molar-refractivity contribution in [2.75, 3.05) is 6.54 Å². The number of aryl methyl sites for hydroxylation is 1. The Morgan fingerprint density at radius 2 is 1.92 bits per heavy atom. The summed E-state index contributed by atoms with van der Waals surface area (Å²) >= 11 is 0. The van der Waals surface area contributed by atoms with Gasteiger partial charge in [-0.05, 0) is 65.6 Å². The molecule has 4 rings (SSSR count). The third kappa shape index (κ3) is 2.91. The molecule has 1 aliphatic heterocycles. The summed E-state index contributed by atoms with van der Waals surface area (Å²) in [7, 11) is 0. The van der Waals surface area contributed by atoms with Crippen molar-refractivity contribution in [1.82, 2.24) is 25.1 Å². The van der Waals surface area contributed by atoms with E-state index in [9.17, 15) is 4.79 Å². The molecule has 6 heteroatoms. The van der Waals surface area contributed by atoms with Crippen molar-refractivity contribution < 1.29 is 4.79 Å². The SMILES string of the molecule is Cc1ccccc1C1CCCN1C(=O)c1ccc(-n2cnnn2)cc1. The van der Waals surface area contributed by atoms with Crippen LogP contribution in [0.4, 0.5) is 0 Å². The van der Waals surface area contributed by atoms with Crippen LogP contribution in [0.2, 0.25) is 0 Å². The van der Waals surface area contributed by atoms with Crippen molar-refractivity contribution in [3.05, 3.63) is 71.5 Å². The van der Waals surface area contributed by atoms with E-state index in [1.807, 2.05) is 41.3 Å². The van der Waals surface area contributed by atoms with Crippen LogP contribution >= 0.6 is 0 Å². The maximum atomic E-state index is 13.0. The first-order chi connectivity index (χ1) is 12.2. The minimum absolute atomic E-state index is 0.0778. The van der Waals surface area contributed by atoms with Crippen molar-refractivity contribution in [3.63, 3.8) is 0 Å². The van der Waals surface area contributed by atoms with E-state index >= 15 is 0 Å². The maximum absolute atomic E-state index is 13.0. The Kier molecular flexibility index (Phi) is 4.01. The number of amides is 1. The van der Waals surface area contributed by atoms with Gasteiger partial charge in [0.15, 0.2) is 0 Å². The van der Waals surface area contributed by atoms with Gasteiger partial charge in [0.2, 0.25) is 0 Å². The lowest BCUT2D eigenvalue weighted by atomic mass is 9.99. The topological polar surface area (TPSA) is 63.9 Å². The lowest BCUT2D eigenvalue weighted by Crippen LogP contribution is -2.30. The zero-order valence-electron chi connectivity index (χ0n) is 14.0. The molecule has 0 N–H and O–H groups in total. The van der Waals surface area contributed by atoms with E-state index < -0.39 is 0 Å². The van der Waals surface area contributed by atoms with Crippen LogP contribution in [0, 0.1) is 6.92 Å². The highest BCUT2D eigenvalue weighted by Crippen LogP contribution is 2.34. The minimum Gasteiger partial charge on any atom is -0.332 e. The van der Waals surface area contributed by atoms with Gasteiger partial charge in [-0.3, -0.25) is 4.79 Å². The van der Waals surface area contributed by atoms with Gasteiger partial charge in [-0.25, -0.2) is 4.68 Å². The predicted octanol–water partition coefficient (Wildman–Crippen LogP) is 2.95. The zero-order valence-corrected chi connectivity index (χ0v) is 14.0. The van der Waals surface area contributed by atoms with E-state index in [1.165, 1.54) is 17.5 Å². The van der Waals surface area contributed by atoms with Crippen LogP contribution in [0.3, 0.4) is 0 Å². The fraction of sp³-hybridized carbons (Fsp3) is 0.263. The molecular formula is C19H19N5O. The second-order valence-corrected chi connectivity index (χ2v) is 6.31. The largest absolute Gasteiger partial charge is 0.332 e. The summed E-state index contributed by atoms with van der Waals surface area (Å²) in [5.41, 5.74) is 4.01.